The van der Waals surface area contributed by atoms with Crippen molar-refractivity contribution in [2.24, 2.45) is 0 Å². The quantitative estimate of drug-likeness (QED) is 0.790. The minimum absolute atomic E-state index is 0.0249. The molecule has 21 heavy (non-hydrogen) atoms. The van der Waals surface area contributed by atoms with Crippen molar-refractivity contribution in [1.82, 2.24) is 20.2 Å². The van der Waals surface area contributed by atoms with Gasteiger partial charge in [-0.3, -0.25) is 4.98 Å². The summed E-state index contributed by atoms with van der Waals surface area (Å²) >= 11 is 0. The number of carbonyl (C=O) groups is 1. The molecule has 1 N–H and O–H groups in total. The van der Waals surface area contributed by atoms with E-state index in [1.165, 1.54) is 6.07 Å². The third-order valence-electron chi connectivity index (χ3n) is 2.82. The monoisotopic (exact) mass is 278 g/mol. The second-order valence-electron chi connectivity index (χ2n) is 4.23. The molecular formula is C15H10N4O2. The fraction of sp³-hybridized carbons (Fsp3) is 0. The number of carboxylic acids is 1. The lowest BCUT2D eigenvalue weighted by Crippen LogP contribution is -2.01. The van der Waals surface area contributed by atoms with Gasteiger partial charge in [0.05, 0.1) is 11.4 Å². The van der Waals surface area contributed by atoms with Gasteiger partial charge in [0.2, 0.25) is 0 Å². The van der Waals surface area contributed by atoms with Crippen molar-refractivity contribution >= 4 is 5.97 Å². The molecule has 0 atom stereocenters. The molecule has 0 saturated heterocycles. The summed E-state index contributed by atoms with van der Waals surface area (Å²) in [7, 11) is 0. The maximum atomic E-state index is 10.9. The fourth-order valence-corrected chi connectivity index (χ4v) is 1.82. The lowest BCUT2D eigenvalue weighted by molar-refractivity contribution is 0.0690. The predicted octanol–water partition coefficient (Wildman–Crippen LogP) is 2.30. The summed E-state index contributed by atoms with van der Waals surface area (Å²) in [6, 6.07) is 13.8. The molecule has 0 saturated carbocycles. The molecule has 0 amide bonds. The third kappa shape index (κ3) is 2.74. The van der Waals surface area contributed by atoms with Crippen LogP contribution in [0.2, 0.25) is 0 Å². The summed E-state index contributed by atoms with van der Waals surface area (Å²) in [5, 5.41) is 17.1. The van der Waals surface area contributed by atoms with Crippen LogP contribution in [0.5, 0.6) is 0 Å². The number of aromatic nitrogens is 4. The van der Waals surface area contributed by atoms with Crippen LogP contribution in [0.25, 0.3) is 22.8 Å². The lowest BCUT2D eigenvalue weighted by Gasteiger charge is -2.02. The second kappa shape index (κ2) is 5.46. The van der Waals surface area contributed by atoms with Crippen molar-refractivity contribution in [2.45, 2.75) is 0 Å². The normalized spacial score (nSPS) is 10.3. The average Bonchev–Trinajstić information content (AvgIpc) is 2.56. The third-order valence-corrected chi connectivity index (χ3v) is 2.82. The van der Waals surface area contributed by atoms with E-state index in [1.54, 1.807) is 30.5 Å². The van der Waals surface area contributed by atoms with Crippen LogP contribution in [-0.4, -0.2) is 31.2 Å². The van der Waals surface area contributed by atoms with Gasteiger partial charge in [-0.15, -0.1) is 10.2 Å². The number of carboxylic acid groups (broad SMARTS) is 1. The van der Waals surface area contributed by atoms with Gasteiger partial charge in [-0.1, -0.05) is 12.1 Å². The molecule has 0 spiro atoms. The van der Waals surface area contributed by atoms with Gasteiger partial charge in [-0.2, -0.15) is 0 Å². The van der Waals surface area contributed by atoms with Crippen LogP contribution in [-0.2, 0) is 0 Å². The van der Waals surface area contributed by atoms with E-state index in [-0.39, 0.29) is 5.69 Å². The van der Waals surface area contributed by atoms with Crippen molar-refractivity contribution in [3.8, 4) is 22.8 Å². The molecule has 0 bridgehead atoms. The molecule has 3 rings (SSSR count). The van der Waals surface area contributed by atoms with Crippen LogP contribution >= 0.6 is 0 Å². The Hall–Kier alpha value is -3.15. The number of pyridine rings is 2. The molecule has 3 aromatic heterocycles. The minimum Gasteiger partial charge on any atom is -0.477 e. The summed E-state index contributed by atoms with van der Waals surface area (Å²) in [6.45, 7) is 0. The Labute approximate surface area is 120 Å². The Kier molecular flexibility index (Phi) is 3.34. The number of nitrogens with zero attached hydrogens (tertiary/aromatic N) is 4. The maximum absolute atomic E-state index is 10.9. The molecule has 0 aromatic carbocycles. The van der Waals surface area contributed by atoms with E-state index >= 15 is 0 Å². The van der Waals surface area contributed by atoms with E-state index in [4.69, 9.17) is 5.11 Å². The molecule has 0 unspecified atom stereocenters. The molecule has 0 radical (unpaired) electrons. The predicted molar refractivity (Wildman–Crippen MR) is 75.5 cm³/mol. The Morgan fingerprint density at radius 2 is 1.52 bits per heavy atom. The van der Waals surface area contributed by atoms with Gasteiger partial charge in [0.25, 0.3) is 0 Å². The number of aromatic carboxylic acids is 1. The highest BCUT2D eigenvalue weighted by Gasteiger charge is 2.08. The van der Waals surface area contributed by atoms with Gasteiger partial charge in [-0.05, 0) is 36.4 Å². The smallest absolute Gasteiger partial charge is 0.354 e. The molecule has 3 heterocycles. The summed E-state index contributed by atoms with van der Waals surface area (Å²) in [5.41, 5.74) is 2.33. The first-order chi connectivity index (χ1) is 10.2. The minimum atomic E-state index is -1.07. The standard InChI is InChI=1S/C15H10N4O2/c20-15(21)14-6-3-5-11(17-14)13-8-7-12(18-19-13)10-4-1-2-9-16-10/h1-9H,(H,20,21). The molecule has 0 fully saturated rings. The SMILES string of the molecule is O=C(O)c1cccc(-c2ccc(-c3ccccn3)nn2)n1. The molecular weight excluding hydrogens is 268 g/mol. The number of rotatable bonds is 3. The van der Waals surface area contributed by atoms with E-state index in [0.29, 0.717) is 17.1 Å². The van der Waals surface area contributed by atoms with Crippen LogP contribution < -0.4 is 0 Å². The molecule has 3 aromatic rings. The van der Waals surface area contributed by atoms with Crippen LogP contribution in [0.3, 0.4) is 0 Å². The first kappa shape index (κ1) is 12.9. The zero-order valence-electron chi connectivity index (χ0n) is 10.8. The zero-order valence-corrected chi connectivity index (χ0v) is 10.8. The van der Waals surface area contributed by atoms with Gasteiger partial charge in [0.15, 0.2) is 0 Å². The first-order valence-electron chi connectivity index (χ1n) is 6.20. The highest BCUT2D eigenvalue weighted by atomic mass is 16.4. The van der Waals surface area contributed by atoms with Gasteiger partial charge in [0, 0.05) is 6.20 Å². The van der Waals surface area contributed by atoms with Gasteiger partial charge < -0.3 is 5.11 Å². The second-order valence-corrected chi connectivity index (χ2v) is 4.23. The highest BCUT2D eigenvalue weighted by molar-refractivity contribution is 5.85. The van der Waals surface area contributed by atoms with Crippen LogP contribution in [0, 0.1) is 0 Å². The first-order valence-corrected chi connectivity index (χ1v) is 6.20. The van der Waals surface area contributed by atoms with Crippen LogP contribution in [0.1, 0.15) is 10.5 Å². The number of hydrogen-bond donors (Lipinski definition) is 1. The average molecular weight is 278 g/mol. The molecule has 6 heteroatoms. The van der Waals surface area contributed by atoms with Crippen molar-refractivity contribution in [3.05, 3.63) is 60.4 Å². The maximum Gasteiger partial charge on any atom is 0.354 e. The summed E-state index contributed by atoms with van der Waals surface area (Å²) < 4.78 is 0. The van der Waals surface area contributed by atoms with E-state index in [9.17, 15) is 4.79 Å². The largest absolute Gasteiger partial charge is 0.477 e. The topological polar surface area (TPSA) is 88.9 Å². The number of hydrogen-bond acceptors (Lipinski definition) is 5. The van der Waals surface area contributed by atoms with Crippen molar-refractivity contribution < 1.29 is 9.90 Å². The van der Waals surface area contributed by atoms with Crippen LogP contribution in [0.15, 0.2) is 54.7 Å². The van der Waals surface area contributed by atoms with Gasteiger partial charge in [0.1, 0.15) is 17.1 Å². The van der Waals surface area contributed by atoms with E-state index in [1.807, 2.05) is 18.2 Å². The molecule has 102 valence electrons. The van der Waals surface area contributed by atoms with E-state index in [0.717, 1.165) is 5.69 Å². The van der Waals surface area contributed by atoms with Gasteiger partial charge >= 0.3 is 5.97 Å². The molecule has 6 nitrogen and oxygen atoms in total. The Morgan fingerprint density at radius 3 is 2.14 bits per heavy atom. The molecule has 0 aliphatic carbocycles. The highest BCUT2D eigenvalue weighted by Crippen LogP contribution is 2.17. The fourth-order valence-electron chi connectivity index (χ4n) is 1.82. The lowest BCUT2D eigenvalue weighted by atomic mass is 10.2. The Bertz CT molecular complexity index is 773. The van der Waals surface area contributed by atoms with Crippen molar-refractivity contribution in [2.75, 3.05) is 0 Å². The molecule has 0 aliphatic heterocycles. The van der Waals surface area contributed by atoms with Crippen molar-refractivity contribution in [3.63, 3.8) is 0 Å². The van der Waals surface area contributed by atoms with Crippen LogP contribution in [0.4, 0.5) is 0 Å². The van der Waals surface area contributed by atoms with Gasteiger partial charge in [-0.25, -0.2) is 9.78 Å². The Balaban J connectivity index is 1.94. The summed E-state index contributed by atoms with van der Waals surface area (Å²) in [4.78, 5) is 19.1. The molecule has 0 aliphatic rings. The summed E-state index contributed by atoms with van der Waals surface area (Å²) in [5.74, 6) is -1.07. The van der Waals surface area contributed by atoms with E-state index in [2.05, 4.69) is 20.2 Å². The summed E-state index contributed by atoms with van der Waals surface area (Å²) in [6.07, 6.45) is 1.68. The van der Waals surface area contributed by atoms with Crippen molar-refractivity contribution in [1.29, 1.82) is 0 Å². The zero-order chi connectivity index (χ0) is 14.7. The van der Waals surface area contributed by atoms with E-state index < -0.39 is 5.97 Å². The Morgan fingerprint density at radius 1 is 0.810 bits per heavy atom.